The van der Waals surface area contributed by atoms with Crippen molar-refractivity contribution in [3.8, 4) is 0 Å². The van der Waals surface area contributed by atoms with Crippen molar-refractivity contribution in [2.45, 2.75) is 39.0 Å². The normalized spacial score (nSPS) is 42.4. The Hall–Kier alpha value is -0.520. The van der Waals surface area contributed by atoms with Gasteiger partial charge in [-0.15, -0.1) is 0 Å². The van der Waals surface area contributed by atoms with Crippen molar-refractivity contribution in [3.05, 3.63) is 23.3 Å². The van der Waals surface area contributed by atoms with Gasteiger partial charge in [0.25, 0.3) is 0 Å². The third kappa shape index (κ3) is 0.784. The topological polar surface area (TPSA) is 0 Å². The van der Waals surface area contributed by atoms with Crippen LogP contribution in [0.15, 0.2) is 23.3 Å². The van der Waals surface area contributed by atoms with E-state index in [4.69, 9.17) is 0 Å². The molecule has 0 aromatic rings. The average molecular weight is 160 g/mol. The van der Waals surface area contributed by atoms with Gasteiger partial charge in [0.2, 0.25) is 0 Å². The molecule has 3 rings (SSSR count). The lowest BCUT2D eigenvalue weighted by atomic mass is 9.98. The predicted molar refractivity (Wildman–Crippen MR) is 50.8 cm³/mol. The third-order valence-electron chi connectivity index (χ3n) is 3.84. The van der Waals surface area contributed by atoms with Crippen molar-refractivity contribution in [1.82, 2.24) is 0 Å². The van der Waals surface area contributed by atoms with E-state index in [2.05, 4.69) is 13.5 Å². The second-order valence-electron chi connectivity index (χ2n) is 5.03. The molecule has 0 aromatic carbocycles. The Labute approximate surface area is 74.4 Å². The van der Waals surface area contributed by atoms with Crippen LogP contribution in [-0.2, 0) is 0 Å². The molecule has 0 aromatic heterocycles. The predicted octanol–water partition coefficient (Wildman–Crippen LogP) is 3.45. The summed E-state index contributed by atoms with van der Waals surface area (Å²) in [5, 5.41) is 0. The van der Waals surface area contributed by atoms with Crippen molar-refractivity contribution in [1.29, 1.82) is 0 Å². The van der Waals surface area contributed by atoms with Gasteiger partial charge in [-0.25, -0.2) is 0 Å². The minimum Gasteiger partial charge on any atom is -0.0952 e. The van der Waals surface area contributed by atoms with Gasteiger partial charge in [-0.05, 0) is 54.6 Å². The highest BCUT2D eigenvalue weighted by molar-refractivity contribution is 5.55. The van der Waals surface area contributed by atoms with Gasteiger partial charge in [-0.2, -0.15) is 0 Å². The van der Waals surface area contributed by atoms with Crippen molar-refractivity contribution in [2.24, 2.45) is 11.3 Å². The highest BCUT2D eigenvalue weighted by atomic mass is 14.6. The van der Waals surface area contributed by atoms with E-state index in [0.717, 1.165) is 5.92 Å². The highest BCUT2D eigenvalue weighted by Gasteiger charge is 2.53. The summed E-state index contributed by atoms with van der Waals surface area (Å²) in [7, 11) is 0. The summed E-state index contributed by atoms with van der Waals surface area (Å²) in [6.07, 6.45) is 7.05. The molecule has 1 atom stereocenters. The maximum absolute atomic E-state index is 4.05. The first-order valence-electron chi connectivity index (χ1n) is 5.12. The molecule has 3 fully saturated rings. The lowest BCUT2D eigenvalue weighted by Crippen LogP contribution is -1.94. The summed E-state index contributed by atoms with van der Waals surface area (Å²) in [6.45, 7) is 6.45. The van der Waals surface area contributed by atoms with Gasteiger partial charge in [-0.3, -0.25) is 0 Å². The maximum Gasteiger partial charge on any atom is -0.00264 e. The molecule has 0 saturated heterocycles. The zero-order valence-corrected chi connectivity index (χ0v) is 7.82. The Bertz CT molecular complexity index is 289. The average Bonchev–Trinajstić information content (AvgIpc) is 2.84. The van der Waals surface area contributed by atoms with Gasteiger partial charge in [0, 0.05) is 0 Å². The Balaban J connectivity index is 2.01. The standard InChI is InChI=1S/C12H16/c1-8-5-11(10-6-9(10)2)12(7-8)3-4-12/h8H,2-7H2,1H3/b11-10+. The number of hydrogen-bond acceptors (Lipinski definition) is 0. The molecular formula is C12H16. The summed E-state index contributed by atoms with van der Waals surface area (Å²) < 4.78 is 0. The summed E-state index contributed by atoms with van der Waals surface area (Å²) in [6, 6.07) is 0. The van der Waals surface area contributed by atoms with Gasteiger partial charge in [0.1, 0.15) is 0 Å². The Morgan fingerprint density at radius 2 is 2.08 bits per heavy atom. The van der Waals surface area contributed by atoms with Crippen LogP contribution in [0.3, 0.4) is 0 Å². The van der Waals surface area contributed by atoms with E-state index in [0.29, 0.717) is 5.41 Å². The van der Waals surface area contributed by atoms with E-state index >= 15 is 0 Å². The van der Waals surface area contributed by atoms with Gasteiger partial charge in [-0.1, -0.05) is 19.1 Å². The van der Waals surface area contributed by atoms with E-state index in [-0.39, 0.29) is 0 Å². The lowest BCUT2D eigenvalue weighted by molar-refractivity contribution is 0.527. The minimum absolute atomic E-state index is 0.716. The van der Waals surface area contributed by atoms with E-state index in [1.165, 1.54) is 37.7 Å². The maximum atomic E-state index is 4.05. The molecule has 3 aliphatic carbocycles. The third-order valence-corrected chi connectivity index (χ3v) is 3.84. The smallest absolute Gasteiger partial charge is 0.00264 e. The van der Waals surface area contributed by atoms with Gasteiger partial charge in [0.15, 0.2) is 0 Å². The van der Waals surface area contributed by atoms with Crippen LogP contribution in [0.5, 0.6) is 0 Å². The monoisotopic (exact) mass is 160 g/mol. The molecule has 0 nitrogen and oxygen atoms in total. The van der Waals surface area contributed by atoms with Crippen LogP contribution in [0.4, 0.5) is 0 Å². The van der Waals surface area contributed by atoms with Crippen molar-refractivity contribution in [3.63, 3.8) is 0 Å². The lowest BCUT2D eigenvalue weighted by Gasteiger charge is -2.06. The SMILES string of the molecule is C=C1C/C1=C1/CC(C)CC12CC2. The molecule has 1 unspecified atom stereocenters. The second-order valence-corrected chi connectivity index (χ2v) is 5.03. The molecule has 12 heavy (non-hydrogen) atoms. The zero-order chi connectivity index (χ0) is 8.34. The fourth-order valence-electron chi connectivity index (χ4n) is 3.02. The van der Waals surface area contributed by atoms with Crippen LogP contribution in [0.25, 0.3) is 0 Å². The van der Waals surface area contributed by atoms with Crippen LogP contribution in [0.2, 0.25) is 0 Å². The first-order valence-corrected chi connectivity index (χ1v) is 5.12. The molecule has 3 saturated carbocycles. The Morgan fingerprint density at radius 3 is 2.58 bits per heavy atom. The van der Waals surface area contributed by atoms with Crippen molar-refractivity contribution in [2.75, 3.05) is 0 Å². The van der Waals surface area contributed by atoms with E-state index in [9.17, 15) is 0 Å². The summed E-state index contributed by atoms with van der Waals surface area (Å²) in [5.41, 5.74) is 5.64. The molecule has 1 spiro atoms. The van der Waals surface area contributed by atoms with Gasteiger partial charge in [0.05, 0.1) is 0 Å². The Morgan fingerprint density at radius 1 is 1.42 bits per heavy atom. The Kier molecular flexibility index (Phi) is 1.08. The first kappa shape index (κ1) is 6.94. The fourth-order valence-corrected chi connectivity index (χ4v) is 3.02. The summed E-state index contributed by atoms with van der Waals surface area (Å²) in [4.78, 5) is 0. The van der Waals surface area contributed by atoms with Crippen molar-refractivity contribution < 1.29 is 0 Å². The fraction of sp³-hybridized carbons (Fsp3) is 0.667. The molecule has 0 N–H and O–H groups in total. The molecule has 0 aliphatic heterocycles. The van der Waals surface area contributed by atoms with Crippen LogP contribution in [0, 0.1) is 11.3 Å². The number of rotatable bonds is 0. The molecule has 0 amide bonds. The van der Waals surface area contributed by atoms with Crippen LogP contribution >= 0.6 is 0 Å². The second kappa shape index (κ2) is 1.86. The molecule has 0 radical (unpaired) electrons. The summed E-state index contributed by atoms with van der Waals surface area (Å²) in [5.74, 6) is 0.948. The van der Waals surface area contributed by atoms with E-state index < -0.39 is 0 Å². The van der Waals surface area contributed by atoms with Crippen molar-refractivity contribution >= 4 is 0 Å². The number of hydrogen-bond donors (Lipinski definition) is 0. The summed E-state index contributed by atoms with van der Waals surface area (Å²) >= 11 is 0. The van der Waals surface area contributed by atoms with E-state index in [1.807, 2.05) is 5.57 Å². The molecule has 3 aliphatic rings. The minimum atomic E-state index is 0.716. The van der Waals surface area contributed by atoms with Crippen LogP contribution in [0.1, 0.15) is 39.0 Å². The highest BCUT2D eigenvalue weighted by Crippen LogP contribution is 2.66. The molecular weight excluding hydrogens is 144 g/mol. The van der Waals surface area contributed by atoms with Gasteiger partial charge < -0.3 is 0 Å². The van der Waals surface area contributed by atoms with Crippen LogP contribution in [-0.4, -0.2) is 0 Å². The molecule has 0 bridgehead atoms. The quantitative estimate of drug-likeness (QED) is 0.509. The zero-order valence-electron chi connectivity index (χ0n) is 7.82. The number of allylic oxidation sites excluding steroid dienone is 3. The van der Waals surface area contributed by atoms with E-state index in [1.54, 1.807) is 5.57 Å². The molecule has 0 heterocycles. The van der Waals surface area contributed by atoms with Crippen LogP contribution < -0.4 is 0 Å². The largest absolute Gasteiger partial charge is 0.0952 e. The molecule has 64 valence electrons. The van der Waals surface area contributed by atoms with Gasteiger partial charge >= 0.3 is 0 Å². The first-order chi connectivity index (χ1) is 5.71. The molecule has 0 heteroatoms.